The molecular weight excluding hydrogens is 204 g/mol. The molecule has 0 aliphatic rings. The smallest absolute Gasteiger partial charge is 0.224 e. The highest BCUT2D eigenvalue weighted by Crippen LogP contribution is 2.03. The fourth-order valence-electron chi connectivity index (χ4n) is 1.47. The Balaban J connectivity index is 4.02. The lowest BCUT2D eigenvalue weighted by Crippen LogP contribution is -2.42. The molecule has 0 radical (unpaired) electrons. The first-order valence-electron chi connectivity index (χ1n) is 5.93. The first kappa shape index (κ1) is 15.4. The maximum absolute atomic E-state index is 11.8. The number of amides is 1. The van der Waals surface area contributed by atoms with Gasteiger partial charge in [-0.1, -0.05) is 0 Å². The Morgan fingerprint density at radius 1 is 1.38 bits per heavy atom. The molecule has 0 heterocycles. The molecule has 0 spiro atoms. The summed E-state index contributed by atoms with van der Waals surface area (Å²) >= 11 is 0. The molecule has 0 atom stereocenters. The molecule has 1 amide bonds. The summed E-state index contributed by atoms with van der Waals surface area (Å²) in [5, 5.41) is 12.2. The van der Waals surface area contributed by atoms with Crippen LogP contribution in [0.4, 0.5) is 0 Å². The summed E-state index contributed by atoms with van der Waals surface area (Å²) in [7, 11) is 0. The fraction of sp³-hybridized carbons (Fsp3) is 0.917. The summed E-state index contributed by atoms with van der Waals surface area (Å²) in [4.78, 5) is 13.5. The Morgan fingerprint density at radius 3 is 2.31 bits per heavy atom. The Labute approximate surface area is 99.0 Å². The van der Waals surface area contributed by atoms with Gasteiger partial charge in [0, 0.05) is 31.1 Å². The molecule has 0 fully saturated rings. The van der Waals surface area contributed by atoms with E-state index in [1.54, 1.807) is 4.90 Å². The lowest BCUT2D eigenvalue weighted by atomic mass is 10.1. The van der Waals surface area contributed by atoms with E-state index in [1.165, 1.54) is 0 Å². The van der Waals surface area contributed by atoms with Crippen molar-refractivity contribution in [3.8, 4) is 0 Å². The van der Waals surface area contributed by atoms with Gasteiger partial charge in [0.05, 0.1) is 6.61 Å². The molecule has 4 heteroatoms. The van der Waals surface area contributed by atoms with Crippen molar-refractivity contribution >= 4 is 5.91 Å². The first-order valence-corrected chi connectivity index (χ1v) is 5.93. The zero-order chi connectivity index (χ0) is 12.8. The van der Waals surface area contributed by atoms with Crippen molar-refractivity contribution in [1.82, 2.24) is 10.2 Å². The Hall–Kier alpha value is -0.610. The van der Waals surface area contributed by atoms with Crippen molar-refractivity contribution in [2.24, 2.45) is 0 Å². The molecular formula is C12H26N2O2. The molecule has 0 aliphatic carbocycles. The number of carbonyl (C=O) groups excluding carboxylic acids is 1. The van der Waals surface area contributed by atoms with Crippen molar-refractivity contribution in [3.05, 3.63) is 0 Å². The molecule has 2 N–H and O–H groups in total. The van der Waals surface area contributed by atoms with Gasteiger partial charge < -0.3 is 15.3 Å². The average Bonchev–Trinajstić information content (AvgIpc) is 2.11. The second kappa shape index (κ2) is 6.86. The lowest BCUT2D eigenvalue weighted by molar-refractivity contribution is -0.133. The van der Waals surface area contributed by atoms with Crippen molar-refractivity contribution in [1.29, 1.82) is 0 Å². The van der Waals surface area contributed by atoms with Gasteiger partial charge in [-0.2, -0.15) is 0 Å². The Bertz CT molecular complexity index is 210. The highest BCUT2D eigenvalue weighted by molar-refractivity contribution is 5.76. The second-order valence-corrected chi connectivity index (χ2v) is 5.33. The molecule has 96 valence electrons. The van der Waals surface area contributed by atoms with Gasteiger partial charge in [0.15, 0.2) is 0 Å². The summed E-state index contributed by atoms with van der Waals surface area (Å²) in [5.41, 5.74) is 0.0416. The van der Waals surface area contributed by atoms with Crippen LogP contribution in [-0.2, 0) is 4.79 Å². The predicted octanol–water partition coefficient (Wildman–Crippen LogP) is 0.994. The average molecular weight is 230 g/mol. The van der Waals surface area contributed by atoms with Crippen LogP contribution in [0.25, 0.3) is 0 Å². The van der Waals surface area contributed by atoms with E-state index >= 15 is 0 Å². The van der Waals surface area contributed by atoms with Crippen LogP contribution in [0.1, 0.15) is 41.0 Å². The van der Waals surface area contributed by atoms with E-state index in [0.717, 1.165) is 0 Å². The molecule has 16 heavy (non-hydrogen) atoms. The monoisotopic (exact) mass is 230 g/mol. The molecule has 0 unspecified atom stereocenters. The van der Waals surface area contributed by atoms with Gasteiger partial charge in [-0.25, -0.2) is 0 Å². The molecule has 0 aromatic rings. The van der Waals surface area contributed by atoms with Crippen molar-refractivity contribution in [2.75, 3.05) is 19.7 Å². The zero-order valence-corrected chi connectivity index (χ0v) is 11.2. The van der Waals surface area contributed by atoms with Gasteiger partial charge in [-0.15, -0.1) is 0 Å². The minimum atomic E-state index is 0.0244. The normalized spacial score (nSPS) is 11.9. The molecule has 0 saturated heterocycles. The number of aliphatic hydroxyl groups excluding tert-OH is 1. The van der Waals surface area contributed by atoms with Crippen LogP contribution < -0.4 is 5.32 Å². The summed E-state index contributed by atoms with van der Waals surface area (Å²) < 4.78 is 0. The van der Waals surface area contributed by atoms with Gasteiger partial charge in [-0.05, 0) is 34.6 Å². The second-order valence-electron chi connectivity index (χ2n) is 5.33. The van der Waals surface area contributed by atoms with Crippen molar-refractivity contribution in [2.45, 2.75) is 52.6 Å². The predicted molar refractivity (Wildman–Crippen MR) is 66.3 cm³/mol. The van der Waals surface area contributed by atoms with Crippen LogP contribution in [0.15, 0.2) is 0 Å². The van der Waals surface area contributed by atoms with E-state index < -0.39 is 0 Å². The number of hydrogen-bond donors (Lipinski definition) is 2. The van der Waals surface area contributed by atoms with Gasteiger partial charge in [-0.3, -0.25) is 4.79 Å². The summed E-state index contributed by atoms with van der Waals surface area (Å²) in [5.74, 6) is 0.0980. The zero-order valence-electron chi connectivity index (χ0n) is 11.2. The van der Waals surface area contributed by atoms with Crippen LogP contribution in [0.2, 0.25) is 0 Å². The molecule has 0 bridgehead atoms. The Kier molecular flexibility index (Phi) is 6.60. The lowest BCUT2D eigenvalue weighted by Gasteiger charge is -2.27. The van der Waals surface area contributed by atoms with Crippen LogP contribution in [0.5, 0.6) is 0 Å². The van der Waals surface area contributed by atoms with Crippen molar-refractivity contribution in [3.63, 3.8) is 0 Å². The molecule has 0 aromatic carbocycles. The molecule has 0 saturated carbocycles. The van der Waals surface area contributed by atoms with Crippen LogP contribution in [-0.4, -0.2) is 47.2 Å². The standard InChI is InChI=1S/C12H26N2O2/c1-10(2)14(8-9-15)11(16)6-7-13-12(3,4)5/h10,13,15H,6-9H2,1-5H3. The summed E-state index contributed by atoms with van der Waals surface area (Å²) in [6.45, 7) is 11.3. The number of carbonyl (C=O) groups is 1. The maximum atomic E-state index is 11.8. The SMILES string of the molecule is CC(C)N(CCO)C(=O)CCNC(C)(C)C. The van der Waals surface area contributed by atoms with E-state index in [1.807, 2.05) is 13.8 Å². The number of aliphatic hydroxyl groups is 1. The van der Waals surface area contributed by atoms with Gasteiger partial charge in [0.25, 0.3) is 0 Å². The van der Waals surface area contributed by atoms with Gasteiger partial charge in [0.1, 0.15) is 0 Å². The third kappa shape index (κ3) is 6.80. The summed E-state index contributed by atoms with van der Waals surface area (Å²) in [6.07, 6.45) is 0.482. The number of hydrogen-bond acceptors (Lipinski definition) is 3. The minimum absolute atomic E-state index is 0.0244. The molecule has 0 rings (SSSR count). The molecule has 0 aliphatic heterocycles. The fourth-order valence-corrected chi connectivity index (χ4v) is 1.47. The number of rotatable bonds is 6. The minimum Gasteiger partial charge on any atom is -0.395 e. The number of nitrogens with one attached hydrogen (secondary N) is 1. The highest BCUT2D eigenvalue weighted by Gasteiger charge is 2.16. The third-order valence-electron chi connectivity index (χ3n) is 2.28. The topological polar surface area (TPSA) is 52.6 Å². The van der Waals surface area contributed by atoms with Crippen LogP contribution in [0.3, 0.4) is 0 Å². The Morgan fingerprint density at radius 2 is 1.94 bits per heavy atom. The van der Waals surface area contributed by atoms with Gasteiger partial charge >= 0.3 is 0 Å². The van der Waals surface area contributed by atoms with E-state index in [4.69, 9.17) is 5.11 Å². The number of nitrogens with zero attached hydrogens (tertiary/aromatic N) is 1. The van der Waals surface area contributed by atoms with Crippen molar-refractivity contribution < 1.29 is 9.90 Å². The van der Waals surface area contributed by atoms with E-state index in [2.05, 4.69) is 26.1 Å². The quantitative estimate of drug-likeness (QED) is 0.715. The van der Waals surface area contributed by atoms with Crippen LogP contribution in [0, 0.1) is 0 Å². The molecule has 0 aromatic heterocycles. The van der Waals surface area contributed by atoms with E-state index in [0.29, 0.717) is 19.5 Å². The summed E-state index contributed by atoms with van der Waals surface area (Å²) in [6, 6.07) is 0.147. The highest BCUT2D eigenvalue weighted by atomic mass is 16.3. The van der Waals surface area contributed by atoms with E-state index in [9.17, 15) is 4.79 Å². The van der Waals surface area contributed by atoms with Gasteiger partial charge in [0.2, 0.25) is 5.91 Å². The largest absolute Gasteiger partial charge is 0.395 e. The maximum Gasteiger partial charge on any atom is 0.224 e. The third-order valence-corrected chi connectivity index (χ3v) is 2.28. The first-order chi connectivity index (χ1) is 7.28. The molecule has 4 nitrogen and oxygen atoms in total. The van der Waals surface area contributed by atoms with Crippen LogP contribution >= 0.6 is 0 Å². The van der Waals surface area contributed by atoms with E-state index in [-0.39, 0.29) is 24.1 Å².